The Kier molecular flexibility index (Phi) is 36.2. The number of carbonyl (C=O) groups is 1. The smallest absolute Gasteiger partial charge is 0.220 e. The van der Waals surface area contributed by atoms with Crippen molar-refractivity contribution in [3.63, 3.8) is 0 Å². The fourth-order valence-corrected chi connectivity index (χ4v) is 9.25. The van der Waals surface area contributed by atoms with Gasteiger partial charge in [-0.05, 0) is 77.0 Å². The summed E-state index contributed by atoms with van der Waals surface area (Å²) >= 11 is 0. The molecule has 12 N–H and O–H groups in total. The van der Waals surface area contributed by atoms with Gasteiger partial charge in [0.15, 0.2) is 18.9 Å². The van der Waals surface area contributed by atoms with E-state index in [0.29, 0.717) is 12.8 Å². The van der Waals surface area contributed by atoms with Crippen molar-refractivity contribution in [1.29, 1.82) is 0 Å². The third-order valence-corrected chi connectivity index (χ3v) is 14.0. The summed E-state index contributed by atoms with van der Waals surface area (Å²) in [4.78, 5) is 13.3. The first kappa shape index (κ1) is 67.8. The van der Waals surface area contributed by atoms with E-state index in [9.17, 15) is 61.0 Å². The minimum absolute atomic E-state index is 0.213. The van der Waals surface area contributed by atoms with Crippen molar-refractivity contribution < 1.29 is 89.4 Å². The van der Waals surface area contributed by atoms with Gasteiger partial charge in [-0.1, -0.05) is 139 Å². The molecule has 3 saturated heterocycles. The number of allylic oxidation sites excluding steroid dienone is 9. The van der Waals surface area contributed by atoms with Crippen molar-refractivity contribution in [2.45, 2.75) is 266 Å². The van der Waals surface area contributed by atoms with Crippen LogP contribution in [-0.4, -0.2) is 193 Å². The molecule has 0 aromatic carbocycles. The normalized spacial score (nSPS) is 31.4. The van der Waals surface area contributed by atoms with E-state index in [2.05, 4.69) is 67.8 Å². The number of amides is 1. The van der Waals surface area contributed by atoms with E-state index in [4.69, 9.17) is 28.4 Å². The molecule has 0 aromatic rings. The third-order valence-electron chi connectivity index (χ3n) is 14.0. The lowest BCUT2D eigenvalue weighted by atomic mass is 9.96. The minimum Gasteiger partial charge on any atom is -0.394 e. The second-order valence-electron chi connectivity index (χ2n) is 20.4. The number of hydrogen-bond acceptors (Lipinski definition) is 18. The summed E-state index contributed by atoms with van der Waals surface area (Å²) in [5.41, 5.74) is 0. The Bertz CT molecular complexity index is 1630. The Hall–Kier alpha value is -2.51. The van der Waals surface area contributed by atoms with Gasteiger partial charge in [-0.15, -0.1) is 0 Å². The molecule has 17 unspecified atom stereocenters. The highest BCUT2D eigenvalue weighted by Gasteiger charge is 2.53. The van der Waals surface area contributed by atoms with Crippen LogP contribution >= 0.6 is 0 Å². The van der Waals surface area contributed by atoms with Gasteiger partial charge < -0.3 is 89.9 Å². The van der Waals surface area contributed by atoms with Crippen molar-refractivity contribution in [2.75, 3.05) is 26.4 Å². The molecule has 76 heavy (non-hydrogen) atoms. The monoisotopic (exact) mass is 1090 g/mol. The molecule has 0 saturated carbocycles. The zero-order chi connectivity index (χ0) is 55.5. The molecular formula is C57H99NO18. The van der Waals surface area contributed by atoms with Crippen LogP contribution in [0.2, 0.25) is 0 Å². The van der Waals surface area contributed by atoms with Crippen molar-refractivity contribution >= 4 is 5.91 Å². The summed E-state index contributed by atoms with van der Waals surface area (Å²) < 4.78 is 34.1. The summed E-state index contributed by atoms with van der Waals surface area (Å²) in [7, 11) is 0. The van der Waals surface area contributed by atoms with Gasteiger partial charge in [0.05, 0.1) is 38.6 Å². The maximum Gasteiger partial charge on any atom is 0.220 e. The van der Waals surface area contributed by atoms with Crippen molar-refractivity contribution in [1.82, 2.24) is 5.32 Å². The van der Waals surface area contributed by atoms with E-state index in [1.165, 1.54) is 57.8 Å². The molecule has 1 amide bonds. The number of ether oxygens (including phenoxy) is 6. The third kappa shape index (κ3) is 24.9. The summed E-state index contributed by atoms with van der Waals surface area (Å²) in [6.45, 7) is 1.62. The van der Waals surface area contributed by atoms with Crippen LogP contribution < -0.4 is 5.32 Å². The lowest BCUT2D eigenvalue weighted by molar-refractivity contribution is -0.379. The minimum atomic E-state index is -1.98. The average molecular weight is 1090 g/mol. The standard InChI is InChI=1S/C57H99NO18/c1-3-5-7-9-11-13-15-17-19-21-23-25-27-29-31-33-35-45(63)58-40(41(62)34-32-30-28-26-24-22-20-18-16-14-12-10-8-6-4-2)39-71-55-51(69)48(66)53(43(37-60)73-55)76-57-52(70)49(67)54(44(38-61)74-57)75-56-50(68)47(65)46(64)42(36-59)72-56/h13,15-16,18-19,21,24,26,32,34,40-44,46-57,59-62,64-70H,3-12,14,17,20,22-23,25,27-31,33,35-39H2,1-2H3,(H,58,63)/b15-13-,18-16+,21-19-,26-24+,34-32+. The molecule has 0 aliphatic carbocycles. The molecule has 19 nitrogen and oxygen atoms in total. The molecule has 3 fully saturated rings. The van der Waals surface area contributed by atoms with Crippen LogP contribution in [0.3, 0.4) is 0 Å². The van der Waals surface area contributed by atoms with Crippen LogP contribution in [0.4, 0.5) is 0 Å². The van der Waals surface area contributed by atoms with Gasteiger partial charge in [-0.25, -0.2) is 0 Å². The van der Waals surface area contributed by atoms with Crippen LogP contribution in [0.15, 0.2) is 60.8 Å². The first-order valence-corrected chi connectivity index (χ1v) is 28.5. The van der Waals surface area contributed by atoms with Gasteiger partial charge in [0.1, 0.15) is 73.2 Å². The summed E-state index contributed by atoms with van der Waals surface area (Å²) in [6, 6.07) is -1.00. The highest BCUT2D eigenvalue weighted by atomic mass is 16.8. The second kappa shape index (κ2) is 40.6. The lowest BCUT2D eigenvalue weighted by Crippen LogP contribution is -2.66. The number of unbranched alkanes of at least 4 members (excludes halogenated alkanes) is 16. The molecule has 3 aliphatic heterocycles. The van der Waals surface area contributed by atoms with E-state index >= 15 is 0 Å². The maximum atomic E-state index is 13.3. The molecule has 3 rings (SSSR count). The SMILES string of the molecule is CCCCCC/C=C\C/C=C\CCCCCCCC(=O)NC(COC1OC(CO)C(OC2OC(CO)C(OC3OC(CO)C(O)C(O)C3O)C(O)C2O)C(O)C1O)C(O)/C=C/CC/C=C/CC/C=C/CCCCCCC. The predicted molar refractivity (Wildman–Crippen MR) is 286 cm³/mol. The van der Waals surface area contributed by atoms with Crippen LogP contribution in [-0.2, 0) is 33.2 Å². The van der Waals surface area contributed by atoms with Gasteiger partial charge >= 0.3 is 0 Å². The largest absolute Gasteiger partial charge is 0.394 e. The van der Waals surface area contributed by atoms with E-state index in [1.807, 2.05) is 6.08 Å². The Labute approximate surface area is 452 Å². The molecule has 0 spiro atoms. The molecular weight excluding hydrogens is 987 g/mol. The topological polar surface area (TPSA) is 307 Å². The van der Waals surface area contributed by atoms with E-state index < -0.39 is 124 Å². The Morgan fingerprint density at radius 1 is 0.474 bits per heavy atom. The van der Waals surface area contributed by atoms with Gasteiger partial charge in [-0.2, -0.15) is 0 Å². The van der Waals surface area contributed by atoms with Crippen molar-refractivity contribution in [3.05, 3.63) is 60.8 Å². The van der Waals surface area contributed by atoms with E-state index in [-0.39, 0.29) is 18.9 Å². The zero-order valence-electron chi connectivity index (χ0n) is 45.5. The molecule has 3 heterocycles. The summed E-state index contributed by atoms with van der Waals surface area (Å²) in [6.07, 6.45) is 17.8. The molecule has 19 heteroatoms. The van der Waals surface area contributed by atoms with Gasteiger partial charge in [0, 0.05) is 6.42 Å². The Morgan fingerprint density at radius 2 is 0.882 bits per heavy atom. The Morgan fingerprint density at radius 3 is 1.41 bits per heavy atom. The Balaban J connectivity index is 1.55. The number of aliphatic hydroxyl groups is 11. The van der Waals surface area contributed by atoms with Gasteiger partial charge in [0.2, 0.25) is 5.91 Å². The fourth-order valence-electron chi connectivity index (χ4n) is 9.25. The molecule has 0 aromatic heterocycles. The van der Waals surface area contributed by atoms with Crippen LogP contribution in [0, 0.1) is 0 Å². The highest BCUT2D eigenvalue weighted by Crippen LogP contribution is 2.33. The van der Waals surface area contributed by atoms with Crippen LogP contribution in [0.1, 0.15) is 162 Å². The summed E-state index contributed by atoms with van der Waals surface area (Å²) in [5.74, 6) is -0.307. The molecule has 17 atom stereocenters. The van der Waals surface area contributed by atoms with Crippen LogP contribution in [0.25, 0.3) is 0 Å². The van der Waals surface area contributed by atoms with Gasteiger partial charge in [0.25, 0.3) is 0 Å². The number of nitrogens with one attached hydrogen (secondary N) is 1. The van der Waals surface area contributed by atoms with Crippen molar-refractivity contribution in [2.24, 2.45) is 0 Å². The number of aliphatic hydroxyl groups excluding tert-OH is 11. The highest BCUT2D eigenvalue weighted by molar-refractivity contribution is 5.76. The number of rotatable bonds is 40. The predicted octanol–water partition coefficient (Wildman–Crippen LogP) is 4.09. The van der Waals surface area contributed by atoms with E-state index in [1.54, 1.807) is 6.08 Å². The average Bonchev–Trinajstić information content (AvgIpc) is 3.41. The van der Waals surface area contributed by atoms with Crippen molar-refractivity contribution in [3.8, 4) is 0 Å². The number of hydrogen-bond donors (Lipinski definition) is 12. The molecule has 0 radical (unpaired) electrons. The zero-order valence-corrected chi connectivity index (χ0v) is 45.5. The summed E-state index contributed by atoms with van der Waals surface area (Å²) in [5, 5.41) is 120. The van der Waals surface area contributed by atoms with E-state index in [0.717, 1.165) is 70.6 Å². The maximum absolute atomic E-state index is 13.3. The quantitative estimate of drug-likeness (QED) is 0.0304. The fraction of sp³-hybridized carbons (Fsp3) is 0.807. The second-order valence-corrected chi connectivity index (χ2v) is 20.4. The molecule has 3 aliphatic rings. The first-order valence-electron chi connectivity index (χ1n) is 28.5. The lowest BCUT2D eigenvalue weighted by Gasteiger charge is -2.48. The molecule has 440 valence electrons. The van der Waals surface area contributed by atoms with Crippen LogP contribution in [0.5, 0.6) is 0 Å². The first-order chi connectivity index (χ1) is 36.8. The molecule has 0 bridgehead atoms. The number of carbonyl (C=O) groups excluding carboxylic acids is 1. The van der Waals surface area contributed by atoms with Gasteiger partial charge in [-0.3, -0.25) is 4.79 Å².